The van der Waals surface area contributed by atoms with Gasteiger partial charge in [0.2, 0.25) is 12.3 Å². The zero-order chi connectivity index (χ0) is 34.2. The molecule has 2 fully saturated rings. The second kappa shape index (κ2) is 15.9. The van der Waals surface area contributed by atoms with Crippen molar-refractivity contribution in [1.82, 2.24) is 18.9 Å². The average molecular weight is 678 g/mol. The summed E-state index contributed by atoms with van der Waals surface area (Å²) >= 11 is 1.84. The minimum absolute atomic E-state index is 0.0143. The quantitative estimate of drug-likeness (QED) is 0.157. The van der Waals surface area contributed by atoms with Gasteiger partial charge in [-0.05, 0) is 49.9 Å². The number of methoxy groups -OCH3 is 1. The number of thioether (sulfide) groups is 1. The van der Waals surface area contributed by atoms with Gasteiger partial charge in [0, 0.05) is 76.3 Å². The SMILES string of the molecule is COc1cc(C)c(N=CC2CCCN2C=O)cc1OCCCC(=O)Nc1cc(C(=O)Nc2cc(C(=O)N3CCSCC3)n(C)c2)n(C)c1. The van der Waals surface area contributed by atoms with E-state index in [1.807, 2.05) is 35.7 Å². The Kier molecular flexibility index (Phi) is 11.5. The first-order valence-electron chi connectivity index (χ1n) is 16.0. The van der Waals surface area contributed by atoms with Crippen molar-refractivity contribution < 1.29 is 28.7 Å². The molecule has 0 bridgehead atoms. The fourth-order valence-electron chi connectivity index (χ4n) is 5.80. The van der Waals surface area contributed by atoms with Crippen LogP contribution in [0.1, 0.15) is 52.2 Å². The van der Waals surface area contributed by atoms with Crippen molar-refractivity contribution in [3.05, 3.63) is 53.6 Å². The highest BCUT2D eigenvalue weighted by molar-refractivity contribution is 7.99. The standard InChI is InChI=1S/C34H43N7O6S/c1-23-15-30(46-4)31(18-27(23)35-19-26-7-5-9-41(26)22-42)47-12-6-8-32(43)36-24-16-28(38(2)20-24)33(44)37-25-17-29(39(3)21-25)34(45)40-10-13-48-14-11-40/h15-22,26H,5-14H2,1-4H3,(H,36,43)(H,37,44). The van der Waals surface area contributed by atoms with Gasteiger partial charge < -0.3 is 39.0 Å². The Morgan fingerprint density at radius 2 is 1.69 bits per heavy atom. The van der Waals surface area contributed by atoms with E-state index in [1.54, 1.807) is 66.0 Å². The lowest BCUT2D eigenvalue weighted by Crippen LogP contribution is -2.38. The molecule has 14 heteroatoms. The number of hydrogen-bond donors (Lipinski definition) is 2. The van der Waals surface area contributed by atoms with Gasteiger partial charge in [0.25, 0.3) is 11.8 Å². The van der Waals surface area contributed by atoms with Crippen LogP contribution in [-0.4, -0.2) is 100 Å². The van der Waals surface area contributed by atoms with Crippen LogP contribution in [0.4, 0.5) is 17.1 Å². The molecule has 0 saturated carbocycles. The van der Waals surface area contributed by atoms with Crippen LogP contribution in [0.25, 0.3) is 0 Å². The van der Waals surface area contributed by atoms with E-state index in [9.17, 15) is 19.2 Å². The van der Waals surface area contributed by atoms with Gasteiger partial charge in [0.15, 0.2) is 11.5 Å². The number of ether oxygens (including phenoxy) is 2. The van der Waals surface area contributed by atoms with Gasteiger partial charge in [-0.15, -0.1) is 0 Å². The lowest BCUT2D eigenvalue weighted by Gasteiger charge is -2.26. The Hall–Kier alpha value is -4.72. The molecule has 0 aliphatic carbocycles. The lowest BCUT2D eigenvalue weighted by atomic mass is 10.1. The van der Waals surface area contributed by atoms with Crippen LogP contribution >= 0.6 is 11.8 Å². The second-order valence-corrected chi connectivity index (χ2v) is 13.2. The summed E-state index contributed by atoms with van der Waals surface area (Å²) in [5.41, 5.74) is 3.53. The van der Waals surface area contributed by atoms with E-state index in [2.05, 4.69) is 15.6 Å². The van der Waals surface area contributed by atoms with Crippen LogP contribution < -0.4 is 20.1 Å². The summed E-state index contributed by atoms with van der Waals surface area (Å²) < 4.78 is 14.8. The third kappa shape index (κ3) is 8.40. The van der Waals surface area contributed by atoms with Gasteiger partial charge >= 0.3 is 0 Å². The normalized spacial score (nSPS) is 16.3. The van der Waals surface area contributed by atoms with Crippen LogP contribution in [0.2, 0.25) is 0 Å². The van der Waals surface area contributed by atoms with E-state index < -0.39 is 0 Å². The molecule has 4 amide bonds. The first kappa shape index (κ1) is 34.6. The minimum atomic E-state index is -0.356. The van der Waals surface area contributed by atoms with Gasteiger partial charge in [-0.25, -0.2) is 0 Å². The maximum Gasteiger partial charge on any atom is 0.272 e. The molecule has 2 aliphatic heterocycles. The van der Waals surface area contributed by atoms with Crippen molar-refractivity contribution in [2.75, 3.05) is 55.5 Å². The molecule has 256 valence electrons. The van der Waals surface area contributed by atoms with Gasteiger partial charge in [-0.2, -0.15) is 11.8 Å². The molecule has 4 heterocycles. The zero-order valence-electron chi connectivity index (χ0n) is 27.9. The molecule has 2 aromatic heterocycles. The highest BCUT2D eigenvalue weighted by Crippen LogP contribution is 2.35. The Bertz CT molecular complexity index is 1680. The number of hydrogen-bond acceptors (Lipinski definition) is 8. The molecule has 1 aromatic carbocycles. The molecule has 13 nitrogen and oxygen atoms in total. The average Bonchev–Trinajstić information content (AvgIpc) is 3.80. The largest absolute Gasteiger partial charge is 0.493 e. The highest BCUT2D eigenvalue weighted by Gasteiger charge is 2.23. The van der Waals surface area contributed by atoms with Crippen LogP contribution in [-0.2, 0) is 23.7 Å². The third-order valence-electron chi connectivity index (χ3n) is 8.45. The van der Waals surface area contributed by atoms with Crippen LogP contribution in [0.15, 0.2) is 41.7 Å². The molecule has 2 aliphatic rings. The fraction of sp³-hybridized carbons (Fsp3) is 0.441. The zero-order valence-corrected chi connectivity index (χ0v) is 28.7. The van der Waals surface area contributed by atoms with Gasteiger partial charge in [0.05, 0.1) is 36.8 Å². The first-order valence-corrected chi connectivity index (χ1v) is 17.2. The summed E-state index contributed by atoms with van der Waals surface area (Å²) in [6, 6.07) is 6.95. The van der Waals surface area contributed by atoms with Crippen molar-refractivity contribution in [2.45, 2.75) is 38.6 Å². The van der Waals surface area contributed by atoms with Crippen LogP contribution in [0.3, 0.4) is 0 Å². The van der Waals surface area contributed by atoms with Gasteiger partial charge in [-0.1, -0.05) is 0 Å². The molecular weight excluding hydrogens is 634 g/mol. The first-order chi connectivity index (χ1) is 23.2. The minimum Gasteiger partial charge on any atom is -0.493 e. The number of nitrogens with one attached hydrogen (secondary N) is 2. The van der Waals surface area contributed by atoms with Crippen molar-refractivity contribution in [3.8, 4) is 11.5 Å². The Labute approximate surface area is 284 Å². The molecule has 48 heavy (non-hydrogen) atoms. The second-order valence-electron chi connectivity index (χ2n) is 11.9. The summed E-state index contributed by atoms with van der Waals surface area (Å²) in [6.07, 6.45) is 8.56. The number of carbonyl (C=O) groups is 4. The predicted octanol–water partition coefficient (Wildman–Crippen LogP) is 4.24. The summed E-state index contributed by atoms with van der Waals surface area (Å²) in [5.74, 6) is 2.32. The van der Waals surface area contributed by atoms with E-state index in [0.29, 0.717) is 53.8 Å². The highest BCUT2D eigenvalue weighted by atomic mass is 32.2. The number of aryl methyl sites for hydroxylation is 3. The van der Waals surface area contributed by atoms with E-state index in [4.69, 9.17) is 9.47 Å². The molecule has 5 rings (SSSR count). The topological polar surface area (TPSA) is 140 Å². The molecular formula is C34H43N7O6S. The predicted molar refractivity (Wildman–Crippen MR) is 187 cm³/mol. The lowest BCUT2D eigenvalue weighted by molar-refractivity contribution is -0.118. The Morgan fingerprint density at radius 1 is 0.979 bits per heavy atom. The monoisotopic (exact) mass is 677 g/mol. The molecule has 0 spiro atoms. The number of carbonyl (C=O) groups excluding carboxylic acids is 4. The maximum atomic E-state index is 13.1. The maximum absolute atomic E-state index is 13.1. The molecule has 3 aromatic rings. The summed E-state index contributed by atoms with van der Waals surface area (Å²) in [4.78, 5) is 58.3. The Balaban J connectivity index is 1.11. The van der Waals surface area contributed by atoms with E-state index in [1.165, 1.54) is 0 Å². The number of amides is 4. The van der Waals surface area contributed by atoms with E-state index >= 15 is 0 Å². The van der Waals surface area contributed by atoms with Crippen molar-refractivity contribution in [1.29, 1.82) is 0 Å². The number of aliphatic imine (C=N–C) groups is 1. The number of anilines is 2. The molecule has 1 atom stereocenters. The number of likely N-dealkylation sites (tertiary alicyclic amines) is 1. The van der Waals surface area contributed by atoms with Crippen molar-refractivity contribution in [3.63, 3.8) is 0 Å². The number of nitrogens with zero attached hydrogens (tertiary/aromatic N) is 5. The van der Waals surface area contributed by atoms with E-state index in [-0.39, 0.29) is 36.8 Å². The number of aromatic nitrogens is 2. The van der Waals surface area contributed by atoms with Crippen LogP contribution in [0, 0.1) is 6.92 Å². The summed E-state index contributed by atoms with van der Waals surface area (Å²) in [7, 11) is 5.08. The van der Waals surface area contributed by atoms with Crippen molar-refractivity contribution >= 4 is 59.2 Å². The molecule has 2 saturated heterocycles. The third-order valence-corrected chi connectivity index (χ3v) is 9.40. The smallest absolute Gasteiger partial charge is 0.272 e. The summed E-state index contributed by atoms with van der Waals surface area (Å²) in [5, 5.41) is 5.72. The van der Waals surface area contributed by atoms with Gasteiger partial charge in [0.1, 0.15) is 11.4 Å². The Morgan fingerprint density at radius 3 is 2.42 bits per heavy atom. The summed E-state index contributed by atoms with van der Waals surface area (Å²) in [6.45, 7) is 4.37. The molecule has 0 radical (unpaired) electrons. The fourth-order valence-corrected chi connectivity index (χ4v) is 6.70. The van der Waals surface area contributed by atoms with Gasteiger partial charge in [-0.3, -0.25) is 24.2 Å². The van der Waals surface area contributed by atoms with Crippen molar-refractivity contribution in [2.24, 2.45) is 19.1 Å². The number of rotatable bonds is 13. The number of benzene rings is 1. The molecule has 1 unspecified atom stereocenters. The van der Waals surface area contributed by atoms with E-state index in [0.717, 1.165) is 48.6 Å². The molecule has 2 N–H and O–H groups in total. The van der Waals surface area contributed by atoms with Crippen LogP contribution in [0.5, 0.6) is 11.5 Å².